The van der Waals surface area contributed by atoms with Crippen molar-refractivity contribution in [2.24, 2.45) is 4.99 Å². The second kappa shape index (κ2) is 9.69. The van der Waals surface area contributed by atoms with E-state index in [2.05, 4.69) is 17.2 Å². The van der Waals surface area contributed by atoms with Crippen LogP contribution < -0.4 is 5.32 Å². The monoisotopic (exact) mass is 336 g/mol. The van der Waals surface area contributed by atoms with Crippen LogP contribution in [0.5, 0.6) is 0 Å². The van der Waals surface area contributed by atoms with Crippen molar-refractivity contribution < 1.29 is 13.9 Å². The van der Waals surface area contributed by atoms with Gasteiger partial charge in [-0.25, -0.2) is 4.79 Å². The van der Waals surface area contributed by atoms with Crippen LogP contribution >= 0.6 is 12.4 Å². The number of ether oxygens (including phenoxy) is 1. The zero-order valence-electron chi connectivity index (χ0n) is 13.2. The minimum atomic E-state index is -0.323. The van der Waals surface area contributed by atoms with E-state index < -0.39 is 0 Å². The fraction of sp³-hybridized carbons (Fsp3) is 0.294. The highest BCUT2D eigenvalue weighted by Gasteiger charge is 2.05. The van der Waals surface area contributed by atoms with Gasteiger partial charge in [0, 0.05) is 12.6 Å². The molecule has 0 saturated heterocycles. The summed E-state index contributed by atoms with van der Waals surface area (Å²) in [5, 5.41) is 3.17. The highest BCUT2D eigenvalue weighted by atomic mass is 35.5. The van der Waals surface area contributed by atoms with Gasteiger partial charge in [-0.1, -0.05) is 6.92 Å². The maximum atomic E-state index is 11.5. The van der Waals surface area contributed by atoms with Gasteiger partial charge in [-0.2, -0.15) is 0 Å². The van der Waals surface area contributed by atoms with Gasteiger partial charge in [-0.15, -0.1) is 12.4 Å². The summed E-state index contributed by atoms with van der Waals surface area (Å²) in [5.41, 5.74) is 1.26. The molecule has 0 saturated carbocycles. The molecule has 0 spiro atoms. The summed E-state index contributed by atoms with van der Waals surface area (Å²) >= 11 is 0. The average molecular weight is 337 g/mol. The molecule has 0 bridgehead atoms. The van der Waals surface area contributed by atoms with Crippen molar-refractivity contribution >= 4 is 36.2 Å². The third kappa shape index (κ3) is 5.79. The van der Waals surface area contributed by atoms with E-state index in [9.17, 15) is 4.79 Å². The molecule has 2 aromatic rings. The number of nitrogens with one attached hydrogen (secondary N) is 1. The molecule has 0 aliphatic rings. The lowest BCUT2D eigenvalue weighted by molar-refractivity contribution is 0.0526. The summed E-state index contributed by atoms with van der Waals surface area (Å²) in [5.74, 6) is 1.09. The number of anilines is 1. The zero-order chi connectivity index (χ0) is 15.8. The molecule has 0 fully saturated rings. The Kier molecular flexibility index (Phi) is 7.91. The minimum Gasteiger partial charge on any atom is -0.462 e. The predicted molar refractivity (Wildman–Crippen MR) is 94.4 cm³/mol. The number of rotatable bonds is 7. The lowest BCUT2D eigenvalue weighted by Gasteiger charge is -2.01. The lowest BCUT2D eigenvalue weighted by Crippen LogP contribution is -2.03. The smallest absolute Gasteiger partial charge is 0.338 e. The van der Waals surface area contributed by atoms with Crippen LogP contribution in [0.1, 0.15) is 36.4 Å². The molecule has 1 aromatic carbocycles. The Bertz CT molecular complexity index is 636. The third-order valence-electron chi connectivity index (χ3n) is 2.90. The van der Waals surface area contributed by atoms with Gasteiger partial charge in [0.1, 0.15) is 5.76 Å². The second-order valence-corrected chi connectivity index (χ2v) is 4.65. The Balaban J connectivity index is 0.00000264. The van der Waals surface area contributed by atoms with Crippen molar-refractivity contribution in [3.63, 3.8) is 0 Å². The first-order valence-corrected chi connectivity index (χ1v) is 7.38. The Morgan fingerprint density at radius 3 is 2.61 bits per heavy atom. The third-order valence-corrected chi connectivity index (χ3v) is 2.90. The summed E-state index contributed by atoms with van der Waals surface area (Å²) in [4.78, 5) is 15.9. The first kappa shape index (κ1) is 18.8. The maximum Gasteiger partial charge on any atom is 0.338 e. The van der Waals surface area contributed by atoms with Crippen LogP contribution in [0, 0.1) is 0 Å². The van der Waals surface area contributed by atoms with Crippen molar-refractivity contribution in [3.05, 3.63) is 47.7 Å². The molecule has 1 aromatic heterocycles. The van der Waals surface area contributed by atoms with Crippen molar-refractivity contribution in [1.82, 2.24) is 0 Å². The van der Waals surface area contributed by atoms with Crippen LogP contribution in [-0.4, -0.2) is 25.3 Å². The van der Waals surface area contributed by atoms with Crippen LogP contribution in [0.2, 0.25) is 0 Å². The van der Waals surface area contributed by atoms with E-state index in [1.54, 1.807) is 37.4 Å². The van der Waals surface area contributed by atoms with E-state index >= 15 is 0 Å². The largest absolute Gasteiger partial charge is 0.462 e. The number of benzene rings is 1. The van der Waals surface area contributed by atoms with Crippen molar-refractivity contribution in [1.29, 1.82) is 0 Å². The molecule has 1 N–H and O–H groups in total. The average Bonchev–Trinajstić information content (AvgIpc) is 2.99. The maximum absolute atomic E-state index is 11.5. The van der Waals surface area contributed by atoms with E-state index in [0.29, 0.717) is 17.9 Å². The molecule has 0 aliphatic carbocycles. The summed E-state index contributed by atoms with van der Waals surface area (Å²) in [6, 6.07) is 10.7. The first-order chi connectivity index (χ1) is 10.7. The molecule has 23 heavy (non-hydrogen) atoms. The number of hydrogen-bond acceptors (Lipinski definition) is 5. The van der Waals surface area contributed by atoms with Crippen molar-refractivity contribution in [3.8, 4) is 0 Å². The van der Waals surface area contributed by atoms with Crippen molar-refractivity contribution in [2.75, 3.05) is 18.5 Å². The summed E-state index contributed by atoms with van der Waals surface area (Å²) in [6.45, 7) is 5.12. The Labute approximate surface area is 142 Å². The Morgan fingerprint density at radius 2 is 1.96 bits per heavy atom. The van der Waals surface area contributed by atoms with E-state index in [4.69, 9.17) is 9.15 Å². The predicted octanol–water partition coefficient (Wildman–Crippen LogP) is 4.45. The fourth-order valence-corrected chi connectivity index (χ4v) is 1.80. The first-order valence-electron chi connectivity index (χ1n) is 7.38. The van der Waals surface area contributed by atoms with Gasteiger partial charge in [0.15, 0.2) is 5.88 Å². The van der Waals surface area contributed by atoms with E-state index in [-0.39, 0.29) is 18.4 Å². The number of esters is 1. The molecule has 0 unspecified atom stereocenters. The number of aliphatic imine (C=N–C) groups is 1. The summed E-state index contributed by atoms with van der Waals surface area (Å²) < 4.78 is 10.5. The molecular weight excluding hydrogens is 316 g/mol. The van der Waals surface area contributed by atoms with Gasteiger partial charge in [-0.05, 0) is 43.7 Å². The van der Waals surface area contributed by atoms with Crippen LogP contribution in [-0.2, 0) is 4.74 Å². The van der Waals surface area contributed by atoms with Gasteiger partial charge >= 0.3 is 5.97 Å². The standard InChI is InChI=1S/C17H20N2O3.ClH/c1-3-11-18-16-10-9-15(22-16)12-19-14-7-5-13(6-8-14)17(20)21-4-2;/h5-10,12,18H,3-4,11H2,1-2H3;1H. The molecule has 5 nitrogen and oxygen atoms in total. The number of nitrogens with zero attached hydrogens (tertiary/aromatic N) is 1. The molecule has 0 amide bonds. The van der Waals surface area contributed by atoms with Crippen LogP contribution in [0.4, 0.5) is 11.6 Å². The van der Waals surface area contributed by atoms with Crippen LogP contribution in [0.15, 0.2) is 45.8 Å². The van der Waals surface area contributed by atoms with Crippen LogP contribution in [0.25, 0.3) is 0 Å². The quantitative estimate of drug-likeness (QED) is 0.599. The molecule has 0 radical (unpaired) electrons. The number of carbonyl (C=O) groups is 1. The number of furan rings is 1. The van der Waals surface area contributed by atoms with Gasteiger partial charge in [-0.3, -0.25) is 4.99 Å². The van der Waals surface area contributed by atoms with Crippen molar-refractivity contribution in [2.45, 2.75) is 20.3 Å². The molecular formula is C17H21ClN2O3. The Hall–Kier alpha value is -2.27. The SMILES string of the molecule is CCCNc1ccc(C=Nc2ccc(C(=O)OCC)cc2)o1.Cl. The topological polar surface area (TPSA) is 63.8 Å². The molecule has 124 valence electrons. The second-order valence-electron chi connectivity index (χ2n) is 4.65. The summed E-state index contributed by atoms with van der Waals surface area (Å²) in [7, 11) is 0. The summed E-state index contributed by atoms with van der Waals surface area (Å²) in [6.07, 6.45) is 2.69. The minimum absolute atomic E-state index is 0. The number of halogens is 1. The normalized spacial score (nSPS) is 10.3. The van der Waals surface area contributed by atoms with E-state index in [1.807, 2.05) is 12.1 Å². The molecule has 1 heterocycles. The van der Waals surface area contributed by atoms with E-state index in [0.717, 1.165) is 24.5 Å². The highest BCUT2D eigenvalue weighted by molar-refractivity contribution is 5.90. The zero-order valence-corrected chi connectivity index (χ0v) is 14.1. The van der Waals surface area contributed by atoms with Crippen LogP contribution in [0.3, 0.4) is 0 Å². The highest BCUT2D eigenvalue weighted by Crippen LogP contribution is 2.16. The van der Waals surface area contributed by atoms with Gasteiger partial charge in [0.2, 0.25) is 0 Å². The van der Waals surface area contributed by atoms with Gasteiger partial charge < -0.3 is 14.5 Å². The number of carbonyl (C=O) groups excluding carboxylic acids is 1. The number of hydrogen-bond donors (Lipinski definition) is 1. The molecule has 2 rings (SSSR count). The molecule has 0 aliphatic heterocycles. The van der Waals surface area contributed by atoms with Gasteiger partial charge in [0.25, 0.3) is 0 Å². The lowest BCUT2D eigenvalue weighted by atomic mass is 10.2. The Morgan fingerprint density at radius 1 is 1.22 bits per heavy atom. The van der Waals surface area contributed by atoms with Gasteiger partial charge in [0.05, 0.1) is 24.1 Å². The molecule has 0 atom stereocenters. The molecule has 6 heteroatoms. The van der Waals surface area contributed by atoms with E-state index in [1.165, 1.54) is 0 Å². The fourth-order valence-electron chi connectivity index (χ4n) is 1.80.